The normalized spacial score (nSPS) is 10.8. The molecule has 0 unspecified atom stereocenters. The standard InChI is InChI=1S/C18H10Cl6N2O2/c19-7-1-4-10(13(22)16(7)25)27-12-6-3-9(21)18(15(12)24)28-11-5-2-8(20)17(26)14(11)23/h1-6H,25-26H2. The summed E-state index contributed by atoms with van der Waals surface area (Å²) in [5, 5.41) is 1.18. The number of ether oxygens (including phenoxy) is 2. The van der Waals surface area contributed by atoms with Crippen LogP contribution in [0.1, 0.15) is 0 Å². The molecule has 0 aliphatic heterocycles. The number of halogens is 6. The first kappa shape index (κ1) is 21.3. The fourth-order valence-electron chi connectivity index (χ4n) is 2.17. The van der Waals surface area contributed by atoms with Crippen molar-refractivity contribution < 1.29 is 9.47 Å². The summed E-state index contributed by atoms with van der Waals surface area (Å²) in [5.74, 6) is 0.816. The zero-order valence-corrected chi connectivity index (χ0v) is 18.2. The van der Waals surface area contributed by atoms with E-state index in [2.05, 4.69) is 0 Å². The summed E-state index contributed by atoms with van der Waals surface area (Å²) in [6.45, 7) is 0. The van der Waals surface area contributed by atoms with Crippen molar-refractivity contribution in [3.05, 3.63) is 66.5 Å². The van der Waals surface area contributed by atoms with Crippen molar-refractivity contribution in [2.24, 2.45) is 0 Å². The summed E-state index contributed by atoms with van der Waals surface area (Å²) >= 11 is 36.9. The zero-order chi connectivity index (χ0) is 20.6. The van der Waals surface area contributed by atoms with Crippen LogP contribution in [0, 0.1) is 0 Å². The predicted octanol–water partition coefficient (Wildman–Crippen LogP) is 8.36. The topological polar surface area (TPSA) is 70.5 Å². The second kappa shape index (κ2) is 8.54. The molecule has 0 saturated carbocycles. The molecule has 0 fully saturated rings. The van der Waals surface area contributed by atoms with Crippen molar-refractivity contribution in [1.29, 1.82) is 0 Å². The van der Waals surface area contributed by atoms with Crippen LogP contribution in [-0.4, -0.2) is 0 Å². The first-order valence-corrected chi connectivity index (χ1v) is 9.78. The van der Waals surface area contributed by atoms with Crippen LogP contribution in [-0.2, 0) is 0 Å². The van der Waals surface area contributed by atoms with Gasteiger partial charge in [0.25, 0.3) is 0 Å². The van der Waals surface area contributed by atoms with Crippen LogP contribution in [0.15, 0.2) is 36.4 Å². The Morgan fingerprint density at radius 1 is 0.500 bits per heavy atom. The predicted molar refractivity (Wildman–Crippen MR) is 118 cm³/mol. The molecule has 0 saturated heterocycles. The van der Waals surface area contributed by atoms with Gasteiger partial charge in [0.1, 0.15) is 32.3 Å². The van der Waals surface area contributed by atoms with E-state index in [1.54, 1.807) is 24.3 Å². The van der Waals surface area contributed by atoms with Gasteiger partial charge in [-0.15, -0.1) is 0 Å². The smallest absolute Gasteiger partial charge is 0.168 e. The molecule has 4 N–H and O–H groups in total. The number of rotatable bonds is 4. The molecule has 0 aromatic heterocycles. The van der Waals surface area contributed by atoms with Gasteiger partial charge in [0, 0.05) is 0 Å². The van der Waals surface area contributed by atoms with Crippen molar-refractivity contribution in [1.82, 2.24) is 0 Å². The molecule has 0 bridgehead atoms. The molecule has 0 spiro atoms. The Morgan fingerprint density at radius 3 is 1.39 bits per heavy atom. The van der Waals surface area contributed by atoms with Crippen molar-refractivity contribution in [3.8, 4) is 23.0 Å². The maximum Gasteiger partial charge on any atom is 0.168 e. The van der Waals surface area contributed by atoms with E-state index in [9.17, 15) is 0 Å². The summed E-state index contributed by atoms with van der Waals surface area (Å²) in [4.78, 5) is 0. The molecule has 0 aliphatic carbocycles. The average Bonchev–Trinajstić information content (AvgIpc) is 2.67. The third kappa shape index (κ3) is 4.13. The summed E-state index contributed by atoms with van der Waals surface area (Å²) in [5.41, 5.74) is 12.0. The second-order valence-corrected chi connectivity index (χ2v) is 7.79. The molecule has 0 heterocycles. The lowest BCUT2D eigenvalue weighted by Crippen LogP contribution is -1.95. The molecule has 10 heteroatoms. The molecule has 28 heavy (non-hydrogen) atoms. The maximum atomic E-state index is 6.43. The highest BCUT2D eigenvalue weighted by molar-refractivity contribution is 6.41. The van der Waals surface area contributed by atoms with Crippen LogP contribution >= 0.6 is 69.6 Å². The monoisotopic (exact) mass is 496 g/mol. The van der Waals surface area contributed by atoms with Gasteiger partial charge in [-0.3, -0.25) is 0 Å². The molecule has 3 aromatic carbocycles. The van der Waals surface area contributed by atoms with E-state index in [1.165, 1.54) is 12.1 Å². The van der Waals surface area contributed by atoms with Crippen LogP contribution in [0.4, 0.5) is 11.4 Å². The van der Waals surface area contributed by atoms with Gasteiger partial charge >= 0.3 is 0 Å². The van der Waals surface area contributed by atoms with Gasteiger partial charge in [0.05, 0.1) is 26.4 Å². The molecule has 0 aliphatic rings. The number of hydrogen-bond donors (Lipinski definition) is 2. The minimum absolute atomic E-state index is 0.0849. The molecular formula is C18H10Cl6N2O2. The fraction of sp³-hybridized carbons (Fsp3) is 0. The van der Waals surface area contributed by atoms with E-state index in [4.69, 9.17) is 90.5 Å². The van der Waals surface area contributed by atoms with E-state index < -0.39 is 0 Å². The zero-order valence-electron chi connectivity index (χ0n) is 13.7. The van der Waals surface area contributed by atoms with Gasteiger partial charge < -0.3 is 20.9 Å². The molecule has 4 nitrogen and oxygen atoms in total. The second-order valence-electron chi connectivity index (χ2n) is 5.44. The van der Waals surface area contributed by atoms with Crippen molar-refractivity contribution in [3.63, 3.8) is 0 Å². The number of anilines is 2. The van der Waals surface area contributed by atoms with Gasteiger partial charge in [0.2, 0.25) is 0 Å². The summed E-state index contributed by atoms with van der Waals surface area (Å²) in [6, 6.07) is 9.28. The van der Waals surface area contributed by atoms with Crippen molar-refractivity contribution in [2.75, 3.05) is 11.5 Å². The van der Waals surface area contributed by atoms with E-state index in [0.717, 1.165) is 0 Å². The van der Waals surface area contributed by atoms with Crippen molar-refractivity contribution in [2.45, 2.75) is 0 Å². The number of nitrogen functional groups attached to an aromatic ring is 2. The Hall–Kier alpha value is -1.40. The third-order valence-electron chi connectivity index (χ3n) is 3.63. The first-order chi connectivity index (χ1) is 13.2. The minimum atomic E-state index is 0.0849. The highest BCUT2D eigenvalue weighted by atomic mass is 35.5. The van der Waals surface area contributed by atoms with E-state index >= 15 is 0 Å². The summed E-state index contributed by atoms with van der Waals surface area (Å²) in [7, 11) is 0. The lowest BCUT2D eigenvalue weighted by molar-refractivity contribution is 0.461. The minimum Gasteiger partial charge on any atom is -0.454 e. The first-order valence-electron chi connectivity index (χ1n) is 7.51. The van der Waals surface area contributed by atoms with Crippen LogP contribution in [0.5, 0.6) is 23.0 Å². The molecule has 3 rings (SSSR count). The van der Waals surface area contributed by atoms with Gasteiger partial charge in [-0.2, -0.15) is 0 Å². The molecule has 0 amide bonds. The molecule has 146 valence electrons. The summed E-state index contributed by atoms with van der Waals surface area (Å²) in [6.07, 6.45) is 0. The van der Waals surface area contributed by atoms with Crippen LogP contribution in [0.3, 0.4) is 0 Å². The molecule has 3 aromatic rings. The number of benzene rings is 3. The van der Waals surface area contributed by atoms with Gasteiger partial charge in [-0.25, -0.2) is 0 Å². The lowest BCUT2D eigenvalue weighted by Gasteiger charge is -2.16. The van der Waals surface area contributed by atoms with E-state index in [1.807, 2.05) is 0 Å². The molecular weight excluding hydrogens is 489 g/mol. The van der Waals surface area contributed by atoms with Crippen LogP contribution in [0.2, 0.25) is 30.1 Å². The molecule has 0 radical (unpaired) electrons. The van der Waals surface area contributed by atoms with Gasteiger partial charge in [0.15, 0.2) is 5.75 Å². The SMILES string of the molecule is Nc1c(Cl)ccc(Oc2ccc(Cl)c(Oc3ccc(Cl)c(N)c3Cl)c2Cl)c1Cl. The van der Waals surface area contributed by atoms with Gasteiger partial charge in [-0.05, 0) is 36.4 Å². The van der Waals surface area contributed by atoms with E-state index in [0.29, 0.717) is 10.0 Å². The Bertz CT molecular complexity index is 1070. The summed E-state index contributed by atoms with van der Waals surface area (Å²) < 4.78 is 11.5. The Morgan fingerprint density at radius 2 is 0.893 bits per heavy atom. The largest absolute Gasteiger partial charge is 0.454 e. The average molecular weight is 499 g/mol. The highest BCUT2D eigenvalue weighted by Gasteiger charge is 2.19. The Balaban J connectivity index is 1.99. The van der Waals surface area contributed by atoms with Crippen LogP contribution < -0.4 is 20.9 Å². The quantitative estimate of drug-likeness (QED) is 0.354. The van der Waals surface area contributed by atoms with Crippen molar-refractivity contribution >= 4 is 81.0 Å². The van der Waals surface area contributed by atoms with E-state index in [-0.39, 0.29) is 54.5 Å². The number of nitrogens with two attached hydrogens (primary N) is 2. The fourth-order valence-corrected chi connectivity index (χ4v) is 3.48. The Labute approximate surface area is 190 Å². The molecule has 0 atom stereocenters. The lowest BCUT2D eigenvalue weighted by atomic mass is 10.2. The maximum absolute atomic E-state index is 6.43. The van der Waals surface area contributed by atoms with Crippen LogP contribution in [0.25, 0.3) is 0 Å². The van der Waals surface area contributed by atoms with Gasteiger partial charge in [-0.1, -0.05) is 69.6 Å². The Kier molecular flexibility index (Phi) is 6.50. The highest BCUT2D eigenvalue weighted by Crippen LogP contribution is 2.47. The third-order valence-corrected chi connectivity index (χ3v) is 5.72. The number of hydrogen-bond acceptors (Lipinski definition) is 4.